The van der Waals surface area contributed by atoms with E-state index >= 15 is 0 Å². The predicted molar refractivity (Wildman–Crippen MR) is 75.5 cm³/mol. The minimum Gasteiger partial charge on any atom is -0.494 e. The molecular weight excluding hydrogens is 250 g/mol. The van der Waals surface area contributed by atoms with Crippen LogP contribution in [0.4, 0.5) is 0 Å². The summed E-state index contributed by atoms with van der Waals surface area (Å²) in [4.78, 5) is 0. The van der Waals surface area contributed by atoms with Crippen LogP contribution in [0.5, 0.6) is 5.75 Å². The highest BCUT2D eigenvalue weighted by atomic mass is 35.5. The zero-order valence-corrected chi connectivity index (χ0v) is 11.7. The first-order valence-corrected chi connectivity index (χ1v) is 6.43. The van der Waals surface area contributed by atoms with E-state index < -0.39 is 0 Å². The van der Waals surface area contributed by atoms with Gasteiger partial charge in [-0.1, -0.05) is 18.2 Å². The van der Waals surface area contributed by atoms with Crippen molar-refractivity contribution in [2.75, 3.05) is 19.8 Å². The van der Waals surface area contributed by atoms with Crippen LogP contribution in [-0.2, 0) is 11.3 Å². The molecule has 0 spiro atoms. The molecule has 0 aliphatic carbocycles. The van der Waals surface area contributed by atoms with Gasteiger partial charge in [0.25, 0.3) is 0 Å². The largest absolute Gasteiger partial charge is 0.494 e. The summed E-state index contributed by atoms with van der Waals surface area (Å²) in [5.41, 5.74) is 1.22. The van der Waals surface area contributed by atoms with Crippen LogP contribution < -0.4 is 10.1 Å². The van der Waals surface area contributed by atoms with Crippen molar-refractivity contribution in [3.05, 3.63) is 29.8 Å². The van der Waals surface area contributed by atoms with Crippen molar-refractivity contribution >= 4 is 12.4 Å². The molecule has 1 saturated heterocycles. The molecule has 3 nitrogen and oxygen atoms in total. The smallest absolute Gasteiger partial charge is 0.123 e. The van der Waals surface area contributed by atoms with Gasteiger partial charge in [0, 0.05) is 25.3 Å². The Morgan fingerprint density at radius 2 is 2.22 bits per heavy atom. The molecule has 0 saturated carbocycles. The van der Waals surface area contributed by atoms with Gasteiger partial charge in [-0.15, -0.1) is 12.4 Å². The van der Waals surface area contributed by atoms with Gasteiger partial charge in [0.15, 0.2) is 0 Å². The molecule has 0 aromatic heterocycles. The summed E-state index contributed by atoms with van der Waals surface area (Å²) in [5, 5.41) is 3.44. The van der Waals surface area contributed by atoms with Crippen molar-refractivity contribution in [1.29, 1.82) is 0 Å². The highest BCUT2D eigenvalue weighted by Gasteiger charge is 2.14. The highest BCUT2D eigenvalue weighted by molar-refractivity contribution is 5.85. The lowest BCUT2D eigenvalue weighted by molar-refractivity contribution is 0.110. The number of nitrogens with one attached hydrogen (secondary N) is 1. The van der Waals surface area contributed by atoms with Crippen molar-refractivity contribution in [3.8, 4) is 5.75 Å². The monoisotopic (exact) mass is 271 g/mol. The van der Waals surface area contributed by atoms with Crippen molar-refractivity contribution in [2.24, 2.45) is 0 Å². The van der Waals surface area contributed by atoms with Crippen LogP contribution in [-0.4, -0.2) is 25.9 Å². The molecule has 1 atom stereocenters. The summed E-state index contributed by atoms with van der Waals surface area (Å²) in [6.45, 7) is 5.41. The number of benzene rings is 1. The lowest BCUT2D eigenvalue weighted by Gasteiger charge is -2.13. The van der Waals surface area contributed by atoms with Crippen LogP contribution in [0.2, 0.25) is 0 Å². The second-order valence-electron chi connectivity index (χ2n) is 4.31. The SMILES string of the molecule is CCOc1ccccc1CNCC1CCCO1.Cl. The first-order chi connectivity index (χ1) is 8.40. The first-order valence-electron chi connectivity index (χ1n) is 6.43. The Balaban J connectivity index is 0.00000162. The Morgan fingerprint density at radius 3 is 2.94 bits per heavy atom. The summed E-state index contributed by atoms with van der Waals surface area (Å²) in [5.74, 6) is 0.981. The average Bonchev–Trinajstić information content (AvgIpc) is 2.85. The van der Waals surface area contributed by atoms with Crippen LogP contribution in [0.3, 0.4) is 0 Å². The molecule has 1 fully saturated rings. The van der Waals surface area contributed by atoms with Crippen molar-refractivity contribution in [3.63, 3.8) is 0 Å². The van der Waals surface area contributed by atoms with E-state index in [1.54, 1.807) is 0 Å². The van der Waals surface area contributed by atoms with Crippen LogP contribution in [0, 0.1) is 0 Å². The van der Waals surface area contributed by atoms with Crippen molar-refractivity contribution < 1.29 is 9.47 Å². The Labute approximate surface area is 115 Å². The molecule has 102 valence electrons. The van der Waals surface area contributed by atoms with Crippen LogP contribution in [0.15, 0.2) is 24.3 Å². The Hall–Kier alpha value is -0.770. The number of para-hydroxylation sites is 1. The van der Waals surface area contributed by atoms with Gasteiger partial charge in [-0.2, -0.15) is 0 Å². The summed E-state index contributed by atoms with van der Waals surface area (Å²) in [6, 6.07) is 8.18. The van der Waals surface area contributed by atoms with Gasteiger partial charge < -0.3 is 14.8 Å². The maximum atomic E-state index is 5.59. The number of hydrogen-bond acceptors (Lipinski definition) is 3. The van der Waals surface area contributed by atoms with Gasteiger partial charge in [-0.05, 0) is 25.8 Å². The third-order valence-corrected chi connectivity index (χ3v) is 2.98. The van der Waals surface area contributed by atoms with Gasteiger partial charge in [-0.3, -0.25) is 0 Å². The predicted octanol–water partition coefficient (Wildman–Crippen LogP) is 2.78. The zero-order valence-electron chi connectivity index (χ0n) is 10.9. The molecule has 1 unspecified atom stereocenters. The molecule has 1 heterocycles. The van der Waals surface area contributed by atoms with Crippen molar-refractivity contribution in [2.45, 2.75) is 32.4 Å². The molecule has 1 aromatic carbocycles. The quantitative estimate of drug-likeness (QED) is 0.863. The minimum absolute atomic E-state index is 0. The van der Waals surface area contributed by atoms with Gasteiger partial charge in [0.05, 0.1) is 12.7 Å². The summed E-state index contributed by atoms with van der Waals surface area (Å²) in [6.07, 6.45) is 2.77. The fourth-order valence-electron chi connectivity index (χ4n) is 2.12. The molecule has 0 bridgehead atoms. The zero-order chi connectivity index (χ0) is 11.9. The first kappa shape index (κ1) is 15.3. The van der Waals surface area contributed by atoms with Crippen LogP contribution >= 0.6 is 12.4 Å². The minimum atomic E-state index is 0. The van der Waals surface area contributed by atoms with Crippen LogP contribution in [0.1, 0.15) is 25.3 Å². The standard InChI is InChI=1S/C14H21NO2.ClH/c1-2-16-14-8-4-3-6-12(14)10-15-11-13-7-5-9-17-13;/h3-4,6,8,13,15H,2,5,7,9-11H2,1H3;1H. The second-order valence-corrected chi connectivity index (χ2v) is 4.31. The molecule has 2 rings (SSSR count). The van der Waals surface area contributed by atoms with E-state index in [0.29, 0.717) is 12.7 Å². The molecule has 1 N–H and O–H groups in total. The van der Waals surface area contributed by atoms with Crippen LogP contribution in [0.25, 0.3) is 0 Å². The summed E-state index contributed by atoms with van der Waals surface area (Å²) in [7, 11) is 0. The van der Waals surface area contributed by atoms with E-state index in [2.05, 4.69) is 11.4 Å². The number of ether oxygens (including phenoxy) is 2. The average molecular weight is 272 g/mol. The van der Waals surface area contributed by atoms with Gasteiger partial charge in [-0.25, -0.2) is 0 Å². The molecule has 0 radical (unpaired) electrons. The van der Waals surface area contributed by atoms with Crippen molar-refractivity contribution in [1.82, 2.24) is 5.32 Å². The highest BCUT2D eigenvalue weighted by Crippen LogP contribution is 2.18. The Kier molecular flexibility index (Phi) is 7.09. The van der Waals surface area contributed by atoms with E-state index in [4.69, 9.17) is 9.47 Å². The molecule has 4 heteroatoms. The van der Waals surface area contributed by atoms with E-state index in [9.17, 15) is 0 Å². The Morgan fingerprint density at radius 1 is 1.39 bits per heavy atom. The van der Waals surface area contributed by atoms with E-state index in [1.165, 1.54) is 18.4 Å². The van der Waals surface area contributed by atoms with Gasteiger partial charge >= 0.3 is 0 Å². The number of rotatable bonds is 6. The second kappa shape index (κ2) is 8.35. The molecule has 1 aromatic rings. The maximum Gasteiger partial charge on any atom is 0.123 e. The van der Waals surface area contributed by atoms with Gasteiger partial charge in [0.2, 0.25) is 0 Å². The number of halogens is 1. The Bertz CT molecular complexity index is 340. The third-order valence-electron chi connectivity index (χ3n) is 2.98. The summed E-state index contributed by atoms with van der Waals surface area (Å²) >= 11 is 0. The lowest BCUT2D eigenvalue weighted by atomic mass is 10.2. The van der Waals surface area contributed by atoms with E-state index in [-0.39, 0.29) is 12.4 Å². The van der Waals surface area contributed by atoms with E-state index in [0.717, 1.165) is 25.4 Å². The van der Waals surface area contributed by atoms with E-state index in [1.807, 2.05) is 25.1 Å². The normalized spacial score (nSPS) is 18.4. The topological polar surface area (TPSA) is 30.5 Å². The molecule has 1 aliphatic heterocycles. The molecule has 1 aliphatic rings. The lowest BCUT2D eigenvalue weighted by Crippen LogP contribution is -2.25. The summed E-state index contributed by atoms with van der Waals surface area (Å²) < 4.78 is 11.2. The fraction of sp³-hybridized carbons (Fsp3) is 0.571. The maximum absolute atomic E-state index is 5.59. The van der Waals surface area contributed by atoms with Gasteiger partial charge in [0.1, 0.15) is 5.75 Å². The third kappa shape index (κ3) is 4.48. The molecular formula is C14H22ClNO2. The number of hydrogen-bond donors (Lipinski definition) is 1. The molecule has 18 heavy (non-hydrogen) atoms. The fourth-order valence-corrected chi connectivity index (χ4v) is 2.12. The molecule has 0 amide bonds.